The molecule has 0 spiro atoms. The summed E-state index contributed by atoms with van der Waals surface area (Å²) in [6.07, 6.45) is 5.53. The summed E-state index contributed by atoms with van der Waals surface area (Å²) in [5.41, 5.74) is 3.70. The fourth-order valence-corrected chi connectivity index (χ4v) is 2.83. The second-order valence-corrected chi connectivity index (χ2v) is 5.93. The Labute approximate surface area is 128 Å². The first-order chi connectivity index (χ1) is 10.2. The van der Waals surface area contributed by atoms with E-state index >= 15 is 0 Å². The minimum Gasteiger partial charge on any atom is -0.344 e. The molecule has 0 saturated heterocycles. The molecule has 0 unspecified atom stereocenters. The second kappa shape index (κ2) is 8.13. The number of aryl methyl sites for hydroxylation is 1. The minimum atomic E-state index is 0.835. The number of fused-ring (bicyclic) bond motifs is 1. The van der Waals surface area contributed by atoms with E-state index < -0.39 is 0 Å². The van der Waals surface area contributed by atoms with Crippen LogP contribution < -0.4 is 0 Å². The molecule has 0 atom stereocenters. The minimum absolute atomic E-state index is 0.835. The first-order valence-electron chi connectivity index (χ1n) is 8.10. The quantitative estimate of drug-likeness (QED) is 0.544. The third-order valence-corrected chi connectivity index (χ3v) is 4.17. The van der Waals surface area contributed by atoms with Crippen molar-refractivity contribution in [2.24, 2.45) is 0 Å². The summed E-state index contributed by atoms with van der Waals surface area (Å²) in [4.78, 5) is 20.1. The van der Waals surface area contributed by atoms with Crippen molar-refractivity contribution in [2.45, 2.75) is 46.1 Å². The Bertz CT molecular complexity index is 461. The van der Waals surface area contributed by atoms with Gasteiger partial charge in [0.15, 0.2) is 0 Å². The van der Waals surface area contributed by atoms with Crippen molar-refractivity contribution < 1.29 is 4.79 Å². The van der Waals surface area contributed by atoms with Gasteiger partial charge in [0.2, 0.25) is 6.41 Å². The number of pyridine rings is 1. The van der Waals surface area contributed by atoms with Crippen LogP contribution in [0.25, 0.3) is 0 Å². The van der Waals surface area contributed by atoms with Crippen molar-refractivity contribution in [1.29, 1.82) is 0 Å². The zero-order chi connectivity index (χ0) is 15.1. The number of carbonyl (C=O) groups excluding carboxylic acids is 1. The van der Waals surface area contributed by atoms with E-state index in [0.717, 1.165) is 57.7 Å². The fourth-order valence-electron chi connectivity index (χ4n) is 2.83. The first kappa shape index (κ1) is 16.0. The van der Waals surface area contributed by atoms with Crippen molar-refractivity contribution in [2.75, 3.05) is 26.2 Å². The van der Waals surface area contributed by atoms with Crippen molar-refractivity contribution in [1.82, 2.24) is 14.8 Å². The van der Waals surface area contributed by atoms with Gasteiger partial charge in [-0.3, -0.25) is 14.7 Å². The lowest BCUT2D eigenvalue weighted by Gasteiger charge is -2.30. The lowest BCUT2D eigenvalue weighted by Crippen LogP contribution is -2.38. The third-order valence-electron chi connectivity index (χ3n) is 4.17. The van der Waals surface area contributed by atoms with Crippen LogP contribution in [-0.4, -0.2) is 47.4 Å². The number of aromatic nitrogens is 1. The van der Waals surface area contributed by atoms with Gasteiger partial charge in [-0.15, -0.1) is 0 Å². The molecule has 21 heavy (non-hydrogen) atoms. The van der Waals surface area contributed by atoms with Crippen molar-refractivity contribution in [3.63, 3.8) is 0 Å². The molecular weight excluding hydrogens is 262 g/mol. The highest BCUT2D eigenvalue weighted by Gasteiger charge is 2.17. The highest BCUT2D eigenvalue weighted by atomic mass is 16.1. The number of hydrogen-bond donors (Lipinski definition) is 0. The Morgan fingerprint density at radius 1 is 1.33 bits per heavy atom. The largest absolute Gasteiger partial charge is 0.344 e. The van der Waals surface area contributed by atoms with Crippen LogP contribution >= 0.6 is 0 Å². The smallest absolute Gasteiger partial charge is 0.209 e. The summed E-state index contributed by atoms with van der Waals surface area (Å²) in [6, 6.07) is 4.29. The maximum Gasteiger partial charge on any atom is 0.209 e. The molecule has 1 aliphatic rings. The average Bonchev–Trinajstić information content (AvgIpc) is 2.50. The van der Waals surface area contributed by atoms with Crippen LogP contribution in [0.4, 0.5) is 0 Å². The SMILES string of the molecule is CCCCCN(C=O)CCN1CCc2nc(C)ccc2C1. The van der Waals surface area contributed by atoms with Gasteiger partial charge in [0, 0.05) is 50.5 Å². The van der Waals surface area contributed by atoms with E-state index in [2.05, 4.69) is 28.9 Å². The van der Waals surface area contributed by atoms with Crippen molar-refractivity contribution >= 4 is 6.41 Å². The van der Waals surface area contributed by atoms with Gasteiger partial charge in [-0.05, 0) is 25.0 Å². The third kappa shape index (κ3) is 4.81. The molecule has 0 radical (unpaired) electrons. The Kier molecular flexibility index (Phi) is 6.18. The molecule has 1 aliphatic heterocycles. The molecule has 2 heterocycles. The van der Waals surface area contributed by atoms with Crippen LogP contribution in [0.15, 0.2) is 12.1 Å². The number of amides is 1. The summed E-state index contributed by atoms with van der Waals surface area (Å²) in [5.74, 6) is 0. The molecular formula is C17H27N3O. The number of rotatable bonds is 8. The van der Waals surface area contributed by atoms with Gasteiger partial charge in [0.1, 0.15) is 0 Å². The van der Waals surface area contributed by atoms with Gasteiger partial charge in [-0.1, -0.05) is 25.8 Å². The van der Waals surface area contributed by atoms with Crippen molar-refractivity contribution in [3.05, 3.63) is 29.1 Å². The van der Waals surface area contributed by atoms with Gasteiger partial charge < -0.3 is 4.90 Å². The van der Waals surface area contributed by atoms with Crippen LogP contribution in [0.1, 0.15) is 43.1 Å². The molecule has 4 heteroatoms. The van der Waals surface area contributed by atoms with E-state index in [1.165, 1.54) is 24.1 Å². The number of unbranched alkanes of at least 4 members (excludes halogenated alkanes) is 2. The summed E-state index contributed by atoms with van der Waals surface area (Å²) in [7, 11) is 0. The Hall–Kier alpha value is -1.42. The molecule has 0 N–H and O–H groups in total. The second-order valence-electron chi connectivity index (χ2n) is 5.93. The van der Waals surface area contributed by atoms with E-state index in [1.807, 2.05) is 11.8 Å². The Balaban J connectivity index is 1.79. The lowest BCUT2D eigenvalue weighted by atomic mass is 10.1. The van der Waals surface area contributed by atoms with Gasteiger partial charge >= 0.3 is 0 Å². The normalized spacial score (nSPS) is 14.8. The van der Waals surface area contributed by atoms with E-state index in [0.29, 0.717) is 0 Å². The van der Waals surface area contributed by atoms with Gasteiger partial charge in [-0.2, -0.15) is 0 Å². The highest BCUT2D eigenvalue weighted by Crippen LogP contribution is 2.17. The standard InChI is InChI=1S/C17H27N3O/c1-3-4-5-9-20(14-21)12-11-19-10-8-17-16(13-19)7-6-15(2)18-17/h6-7,14H,3-5,8-13H2,1-2H3. The zero-order valence-corrected chi connectivity index (χ0v) is 13.3. The van der Waals surface area contributed by atoms with E-state index in [-0.39, 0.29) is 0 Å². The topological polar surface area (TPSA) is 36.4 Å². The maximum atomic E-state index is 11.1. The molecule has 1 aromatic rings. The molecule has 0 aromatic carbocycles. The van der Waals surface area contributed by atoms with Crippen LogP contribution in [0.5, 0.6) is 0 Å². The predicted molar refractivity (Wildman–Crippen MR) is 85.1 cm³/mol. The highest BCUT2D eigenvalue weighted by molar-refractivity contribution is 5.46. The molecule has 4 nitrogen and oxygen atoms in total. The molecule has 0 fully saturated rings. The van der Waals surface area contributed by atoms with Gasteiger partial charge in [0.05, 0.1) is 0 Å². The summed E-state index contributed by atoms with van der Waals surface area (Å²) in [6.45, 7) is 8.93. The molecule has 0 bridgehead atoms. The summed E-state index contributed by atoms with van der Waals surface area (Å²) < 4.78 is 0. The lowest BCUT2D eigenvalue weighted by molar-refractivity contribution is -0.118. The summed E-state index contributed by atoms with van der Waals surface area (Å²) >= 11 is 0. The number of carbonyl (C=O) groups is 1. The molecule has 1 amide bonds. The first-order valence-corrected chi connectivity index (χ1v) is 8.10. The monoisotopic (exact) mass is 289 g/mol. The van der Waals surface area contributed by atoms with Crippen LogP contribution in [0, 0.1) is 6.92 Å². The van der Waals surface area contributed by atoms with Crippen LogP contribution in [0.2, 0.25) is 0 Å². The number of nitrogens with zero attached hydrogens (tertiary/aromatic N) is 3. The van der Waals surface area contributed by atoms with Gasteiger partial charge in [0.25, 0.3) is 0 Å². The van der Waals surface area contributed by atoms with Crippen LogP contribution in [-0.2, 0) is 17.8 Å². The van der Waals surface area contributed by atoms with E-state index in [1.54, 1.807) is 0 Å². The fraction of sp³-hybridized carbons (Fsp3) is 0.647. The molecule has 0 aliphatic carbocycles. The maximum absolute atomic E-state index is 11.1. The van der Waals surface area contributed by atoms with Gasteiger partial charge in [-0.25, -0.2) is 0 Å². The number of hydrogen-bond acceptors (Lipinski definition) is 3. The van der Waals surface area contributed by atoms with Crippen molar-refractivity contribution in [3.8, 4) is 0 Å². The van der Waals surface area contributed by atoms with E-state index in [4.69, 9.17) is 0 Å². The zero-order valence-electron chi connectivity index (χ0n) is 13.3. The average molecular weight is 289 g/mol. The predicted octanol–water partition coefficient (Wildman–Crippen LogP) is 2.40. The molecule has 2 rings (SSSR count). The Morgan fingerprint density at radius 2 is 2.19 bits per heavy atom. The van der Waals surface area contributed by atoms with E-state index in [9.17, 15) is 4.79 Å². The Morgan fingerprint density at radius 3 is 2.95 bits per heavy atom. The molecule has 116 valence electrons. The molecule has 1 aromatic heterocycles. The summed E-state index contributed by atoms with van der Waals surface area (Å²) in [5, 5.41) is 0. The molecule has 0 saturated carbocycles. The van der Waals surface area contributed by atoms with Crippen LogP contribution in [0.3, 0.4) is 0 Å².